The number of fused-ring (bicyclic) bond motifs is 1. The third kappa shape index (κ3) is 2.76. The first-order valence-electron chi connectivity index (χ1n) is 6.72. The van der Waals surface area contributed by atoms with Gasteiger partial charge in [-0.2, -0.15) is 0 Å². The zero-order valence-electron chi connectivity index (χ0n) is 12.4. The van der Waals surface area contributed by atoms with E-state index >= 15 is 0 Å². The van der Waals surface area contributed by atoms with E-state index in [2.05, 4.69) is 30.5 Å². The van der Waals surface area contributed by atoms with Crippen LogP contribution in [0.1, 0.15) is 39.4 Å². The minimum absolute atomic E-state index is 0.325. The number of hydrogen-bond acceptors (Lipinski definition) is 2. The lowest BCUT2D eigenvalue weighted by Gasteiger charge is -2.21. The Bertz CT molecular complexity index is 576. The van der Waals surface area contributed by atoms with E-state index in [9.17, 15) is 5.11 Å². The first-order valence-corrected chi connectivity index (χ1v) is 6.72. The second-order valence-corrected chi connectivity index (χ2v) is 5.99. The van der Waals surface area contributed by atoms with Gasteiger partial charge in [0.2, 0.25) is 0 Å². The summed E-state index contributed by atoms with van der Waals surface area (Å²) < 4.78 is 7.73. The summed E-state index contributed by atoms with van der Waals surface area (Å²) in [6, 6.07) is 8.54. The van der Waals surface area contributed by atoms with Crippen molar-refractivity contribution >= 4 is 10.9 Å². The predicted molar refractivity (Wildman–Crippen MR) is 78.9 cm³/mol. The monoisotopic (exact) mass is 261 g/mol. The zero-order chi connectivity index (χ0) is 14.2. The fraction of sp³-hybridized carbons (Fsp3) is 0.500. The maximum atomic E-state index is 10.1. The van der Waals surface area contributed by atoms with Gasteiger partial charge in [-0.05, 0) is 39.8 Å². The van der Waals surface area contributed by atoms with Gasteiger partial charge < -0.3 is 14.4 Å². The third-order valence-electron chi connectivity index (χ3n) is 3.25. The lowest BCUT2D eigenvalue weighted by Crippen LogP contribution is -2.24. The number of nitrogens with zero attached hydrogens (tertiary/aromatic N) is 1. The lowest BCUT2D eigenvalue weighted by molar-refractivity contribution is 0.0788. The van der Waals surface area contributed by atoms with Gasteiger partial charge >= 0.3 is 0 Å². The number of methoxy groups -OCH3 is 1. The minimum atomic E-state index is -0.714. The Balaban J connectivity index is 2.68. The normalized spacial score (nSPS) is 12.4. The van der Waals surface area contributed by atoms with Crippen molar-refractivity contribution in [3.05, 3.63) is 30.0 Å². The maximum absolute atomic E-state index is 10.1. The molecule has 104 valence electrons. The number of rotatable bonds is 4. The number of aliphatic hydroxyl groups is 1. The van der Waals surface area contributed by atoms with Gasteiger partial charge in [0, 0.05) is 23.5 Å². The molecule has 1 heterocycles. The van der Waals surface area contributed by atoms with E-state index in [4.69, 9.17) is 4.74 Å². The first kappa shape index (κ1) is 13.9. The number of aromatic nitrogens is 1. The van der Waals surface area contributed by atoms with Crippen molar-refractivity contribution in [2.45, 2.75) is 45.8 Å². The van der Waals surface area contributed by atoms with Crippen molar-refractivity contribution in [2.24, 2.45) is 0 Å². The van der Waals surface area contributed by atoms with Crippen LogP contribution in [0.4, 0.5) is 0 Å². The van der Waals surface area contributed by atoms with Gasteiger partial charge in [0.1, 0.15) is 5.75 Å². The summed E-state index contributed by atoms with van der Waals surface area (Å²) in [5.41, 5.74) is 1.54. The van der Waals surface area contributed by atoms with Crippen LogP contribution in [0.5, 0.6) is 5.75 Å². The molecule has 0 atom stereocenters. The van der Waals surface area contributed by atoms with Crippen molar-refractivity contribution in [2.75, 3.05) is 7.11 Å². The van der Waals surface area contributed by atoms with Gasteiger partial charge in [0.25, 0.3) is 0 Å². The highest BCUT2D eigenvalue weighted by Gasteiger charge is 2.20. The molecule has 0 bridgehead atoms. The van der Waals surface area contributed by atoms with Gasteiger partial charge in [0.15, 0.2) is 0 Å². The largest absolute Gasteiger partial charge is 0.495 e. The van der Waals surface area contributed by atoms with E-state index in [-0.39, 0.29) is 0 Å². The quantitative estimate of drug-likeness (QED) is 0.913. The van der Waals surface area contributed by atoms with E-state index in [1.165, 1.54) is 0 Å². The van der Waals surface area contributed by atoms with Crippen LogP contribution in [-0.2, 0) is 6.42 Å². The highest BCUT2D eigenvalue weighted by atomic mass is 16.5. The van der Waals surface area contributed by atoms with Gasteiger partial charge in [-0.1, -0.05) is 12.1 Å². The summed E-state index contributed by atoms with van der Waals surface area (Å²) >= 11 is 0. The van der Waals surface area contributed by atoms with Crippen molar-refractivity contribution in [1.29, 1.82) is 0 Å². The van der Waals surface area contributed by atoms with Gasteiger partial charge in [-0.15, -0.1) is 0 Å². The first-order chi connectivity index (χ1) is 8.83. The molecule has 0 fully saturated rings. The van der Waals surface area contributed by atoms with Crippen LogP contribution >= 0.6 is 0 Å². The average molecular weight is 261 g/mol. The Kier molecular flexibility index (Phi) is 3.59. The topological polar surface area (TPSA) is 34.4 Å². The Morgan fingerprint density at radius 1 is 1.32 bits per heavy atom. The number of benzene rings is 1. The molecule has 0 saturated heterocycles. The summed E-state index contributed by atoms with van der Waals surface area (Å²) in [6.45, 7) is 7.98. The minimum Gasteiger partial charge on any atom is -0.495 e. The molecule has 2 aromatic rings. The lowest BCUT2D eigenvalue weighted by atomic mass is 10.0. The summed E-state index contributed by atoms with van der Waals surface area (Å²) in [7, 11) is 1.70. The molecule has 0 aliphatic rings. The molecule has 3 heteroatoms. The average Bonchev–Trinajstić information content (AvgIpc) is 2.63. The summed E-state index contributed by atoms with van der Waals surface area (Å²) in [6.07, 6.45) is 0.628. The van der Waals surface area contributed by atoms with E-state index in [0.29, 0.717) is 12.5 Å². The van der Waals surface area contributed by atoms with E-state index in [1.807, 2.05) is 26.0 Å². The van der Waals surface area contributed by atoms with Crippen LogP contribution < -0.4 is 4.74 Å². The highest BCUT2D eigenvalue weighted by molar-refractivity contribution is 5.87. The molecule has 2 rings (SSSR count). The van der Waals surface area contributed by atoms with Crippen LogP contribution in [0, 0.1) is 0 Å². The molecule has 1 aromatic heterocycles. The Labute approximate surface area is 114 Å². The van der Waals surface area contributed by atoms with Crippen LogP contribution in [0.3, 0.4) is 0 Å². The molecular formula is C16H23NO2. The van der Waals surface area contributed by atoms with Crippen LogP contribution in [-0.4, -0.2) is 22.4 Å². The molecule has 19 heavy (non-hydrogen) atoms. The van der Waals surface area contributed by atoms with Gasteiger partial charge in [0.05, 0.1) is 18.2 Å². The molecule has 1 aromatic carbocycles. The second-order valence-electron chi connectivity index (χ2n) is 5.99. The molecule has 0 spiro atoms. The van der Waals surface area contributed by atoms with Crippen molar-refractivity contribution < 1.29 is 9.84 Å². The fourth-order valence-corrected chi connectivity index (χ4v) is 2.64. The smallest absolute Gasteiger partial charge is 0.143 e. The molecular weight excluding hydrogens is 238 g/mol. The van der Waals surface area contributed by atoms with E-state index in [0.717, 1.165) is 22.3 Å². The summed E-state index contributed by atoms with van der Waals surface area (Å²) in [4.78, 5) is 0. The molecule has 3 nitrogen and oxygen atoms in total. The van der Waals surface area contributed by atoms with Gasteiger partial charge in [-0.25, -0.2) is 0 Å². The molecule has 0 aliphatic carbocycles. The van der Waals surface area contributed by atoms with Gasteiger partial charge in [-0.3, -0.25) is 0 Å². The number of para-hydroxylation sites is 1. The van der Waals surface area contributed by atoms with Crippen molar-refractivity contribution in [1.82, 2.24) is 4.57 Å². The molecule has 1 N–H and O–H groups in total. The molecule has 0 aliphatic heterocycles. The second kappa shape index (κ2) is 4.89. The molecule has 0 radical (unpaired) electrons. The highest BCUT2D eigenvalue weighted by Crippen LogP contribution is 2.32. The van der Waals surface area contributed by atoms with E-state index < -0.39 is 5.60 Å². The SMILES string of the molecule is COc1cccc2cc(CC(C)(C)O)n(C(C)C)c12. The Morgan fingerprint density at radius 2 is 2.00 bits per heavy atom. The molecule has 0 unspecified atom stereocenters. The zero-order valence-corrected chi connectivity index (χ0v) is 12.4. The molecule has 0 amide bonds. The molecule has 0 saturated carbocycles. The van der Waals surface area contributed by atoms with Crippen molar-refractivity contribution in [3.63, 3.8) is 0 Å². The fourth-order valence-electron chi connectivity index (χ4n) is 2.64. The van der Waals surface area contributed by atoms with E-state index in [1.54, 1.807) is 7.11 Å². The van der Waals surface area contributed by atoms with Crippen LogP contribution in [0.15, 0.2) is 24.3 Å². The predicted octanol–water partition coefficient (Wildman–Crippen LogP) is 3.54. The number of ether oxygens (including phenoxy) is 1. The Hall–Kier alpha value is -1.48. The maximum Gasteiger partial charge on any atom is 0.143 e. The standard InChI is InChI=1S/C16H23NO2/c1-11(2)17-13(10-16(3,4)18)9-12-7-6-8-14(19-5)15(12)17/h6-9,11,18H,10H2,1-5H3. The summed E-state index contributed by atoms with van der Waals surface area (Å²) in [5, 5.41) is 11.2. The van der Waals surface area contributed by atoms with Crippen LogP contribution in [0.2, 0.25) is 0 Å². The van der Waals surface area contributed by atoms with Crippen molar-refractivity contribution in [3.8, 4) is 5.75 Å². The summed E-state index contributed by atoms with van der Waals surface area (Å²) in [5.74, 6) is 0.883. The van der Waals surface area contributed by atoms with Crippen LogP contribution in [0.25, 0.3) is 10.9 Å². The third-order valence-corrected chi connectivity index (χ3v) is 3.25. The Morgan fingerprint density at radius 3 is 2.53 bits per heavy atom. The number of hydrogen-bond donors (Lipinski definition) is 1.